The molecule has 0 radical (unpaired) electrons. The average Bonchev–Trinajstić information content (AvgIpc) is 2.97. The SMILES string of the molecule is C=CCN(C)c1ccc(CN2CCN(C(=O)c3ccc(NS(=O)(=O)c4cccc5cccnc45)cc3)CC2)cc1. The summed E-state index contributed by atoms with van der Waals surface area (Å²) in [4.78, 5) is 23.8. The van der Waals surface area contributed by atoms with Gasteiger partial charge in [-0.15, -0.1) is 6.58 Å². The number of rotatable bonds is 9. The number of para-hydroxylation sites is 1. The molecule has 1 amide bonds. The number of sulfonamides is 1. The molecule has 5 rings (SSSR count). The summed E-state index contributed by atoms with van der Waals surface area (Å²) in [5, 5.41) is 0.747. The molecule has 1 fully saturated rings. The number of anilines is 2. The minimum absolute atomic E-state index is 0.0538. The zero-order valence-electron chi connectivity index (χ0n) is 22.5. The molecule has 0 aliphatic carbocycles. The molecule has 4 aromatic rings. The van der Waals surface area contributed by atoms with E-state index in [1.807, 2.05) is 30.2 Å². The maximum Gasteiger partial charge on any atom is 0.264 e. The number of hydrogen-bond donors (Lipinski definition) is 1. The summed E-state index contributed by atoms with van der Waals surface area (Å²) in [5.41, 5.74) is 3.73. The van der Waals surface area contributed by atoms with Gasteiger partial charge in [-0.2, -0.15) is 0 Å². The third-order valence-electron chi connectivity index (χ3n) is 7.12. The molecule has 9 heteroatoms. The number of pyridine rings is 1. The maximum atomic E-state index is 13.1. The molecule has 1 saturated heterocycles. The topological polar surface area (TPSA) is 85.9 Å². The van der Waals surface area contributed by atoms with Crippen molar-refractivity contribution >= 4 is 38.2 Å². The van der Waals surface area contributed by atoms with Gasteiger partial charge in [0.15, 0.2) is 0 Å². The van der Waals surface area contributed by atoms with Crippen LogP contribution in [0.4, 0.5) is 11.4 Å². The Bertz CT molecular complexity index is 1590. The van der Waals surface area contributed by atoms with Crippen LogP contribution in [0.2, 0.25) is 0 Å². The highest BCUT2D eigenvalue weighted by Crippen LogP contribution is 2.24. The minimum Gasteiger partial charge on any atom is -0.371 e. The molecule has 8 nitrogen and oxygen atoms in total. The van der Waals surface area contributed by atoms with Gasteiger partial charge in [-0.05, 0) is 54.1 Å². The Hall–Kier alpha value is -4.21. The number of piperazine rings is 1. The van der Waals surface area contributed by atoms with Gasteiger partial charge < -0.3 is 9.80 Å². The molecule has 1 aliphatic heterocycles. The van der Waals surface area contributed by atoms with Crippen LogP contribution in [0.25, 0.3) is 10.9 Å². The molecule has 0 atom stereocenters. The van der Waals surface area contributed by atoms with Crippen LogP contribution in [0, 0.1) is 0 Å². The number of nitrogens with zero attached hydrogens (tertiary/aromatic N) is 4. The van der Waals surface area contributed by atoms with Crippen molar-refractivity contribution in [3.05, 3.63) is 109 Å². The fourth-order valence-corrected chi connectivity index (χ4v) is 6.13. The van der Waals surface area contributed by atoms with Crippen LogP contribution in [0.15, 0.2) is 103 Å². The number of amides is 1. The zero-order valence-corrected chi connectivity index (χ0v) is 23.3. The lowest BCUT2D eigenvalue weighted by Gasteiger charge is -2.35. The van der Waals surface area contributed by atoms with Crippen molar-refractivity contribution in [2.45, 2.75) is 11.4 Å². The molecule has 1 aliphatic rings. The van der Waals surface area contributed by atoms with E-state index in [-0.39, 0.29) is 10.8 Å². The second kappa shape index (κ2) is 11.9. The molecule has 206 valence electrons. The number of nitrogens with one attached hydrogen (secondary N) is 1. The van der Waals surface area contributed by atoms with Gasteiger partial charge in [0.1, 0.15) is 4.90 Å². The summed E-state index contributed by atoms with van der Waals surface area (Å²) in [6.07, 6.45) is 3.46. The Morgan fingerprint density at radius 2 is 1.68 bits per heavy atom. The van der Waals surface area contributed by atoms with Crippen molar-refractivity contribution in [1.82, 2.24) is 14.8 Å². The summed E-state index contributed by atoms with van der Waals surface area (Å²) in [6, 6.07) is 23.8. The first-order valence-electron chi connectivity index (χ1n) is 13.2. The number of hydrogen-bond acceptors (Lipinski definition) is 6. The fraction of sp³-hybridized carbons (Fsp3) is 0.226. The van der Waals surface area contributed by atoms with Gasteiger partial charge >= 0.3 is 0 Å². The second-order valence-electron chi connectivity index (χ2n) is 9.92. The Balaban J connectivity index is 1.16. The first-order chi connectivity index (χ1) is 19.3. The van der Waals surface area contributed by atoms with Gasteiger partial charge in [0.05, 0.1) is 5.52 Å². The average molecular weight is 556 g/mol. The van der Waals surface area contributed by atoms with Crippen molar-refractivity contribution in [3.63, 3.8) is 0 Å². The quantitative estimate of drug-likeness (QED) is 0.304. The van der Waals surface area contributed by atoms with Gasteiger partial charge in [-0.1, -0.05) is 36.4 Å². The highest BCUT2D eigenvalue weighted by Gasteiger charge is 2.23. The summed E-state index contributed by atoms with van der Waals surface area (Å²) >= 11 is 0. The Kier molecular flexibility index (Phi) is 8.14. The van der Waals surface area contributed by atoms with Gasteiger partial charge in [-0.3, -0.25) is 19.4 Å². The van der Waals surface area contributed by atoms with E-state index < -0.39 is 10.0 Å². The number of aromatic nitrogens is 1. The summed E-state index contributed by atoms with van der Waals surface area (Å²) < 4.78 is 28.8. The van der Waals surface area contributed by atoms with E-state index >= 15 is 0 Å². The van der Waals surface area contributed by atoms with Crippen LogP contribution in [-0.4, -0.2) is 68.9 Å². The van der Waals surface area contributed by atoms with Crippen LogP contribution in [-0.2, 0) is 16.6 Å². The molecule has 1 N–H and O–H groups in total. The summed E-state index contributed by atoms with van der Waals surface area (Å²) in [7, 11) is -1.81. The van der Waals surface area contributed by atoms with Crippen LogP contribution in [0.5, 0.6) is 0 Å². The number of carbonyl (C=O) groups is 1. The van der Waals surface area contributed by atoms with E-state index in [0.717, 1.165) is 37.3 Å². The molecule has 1 aromatic heterocycles. The van der Waals surface area contributed by atoms with E-state index in [1.165, 1.54) is 11.6 Å². The zero-order chi connectivity index (χ0) is 28.1. The normalized spacial score (nSPS) is 14.2. The first-order valence-corrected chi connectivity index (χ1v) is 14.7. The number of carbonyl (C=O) groups excluding carboxylic acids is 1. The molecular weight excluding hydrogens is 522 g/mol. The molecule has 0 bridgehead atoms. The standard InChI is InChI=1S/C31H33N5O3S/c1-3-18-34(2)28-15-9-24(10-16-28)23-35-19-21-36(22-20-35)31(37)26-11-13-27(14-12-26)33-40(38,39)29-8-4-6-25-7-5-17-32-30(25)29/h3-17,33H,1,18-23H2,2H3. The second-order valence-corrected chi connectivity index (χ2v) is 11.6. The van der Waals surface area contributed by atoms with Gasteiger partial charge in [0.2, 0.25) is 0 Å². The lowest BCUT2D eigenvalue weighted by Crippen LogP contribution is -2.48. The highest BCUT2D eigenvalue weighted by atomic mass is 32.2. The molecule has 40 heavy (non-hydrogen) atoms. The van der Waals surface area contributed by atoms with Crippen LogP contribution >= 0.6 is 0 Å². The van der Waals surface area contributed by atoms with Crippen LogP contribution in [0.3, 0.4) is 0 Å². The molecule has 0 saturated carbocycles. The van der Waals surface area contributed by atoms with Crippen molar-refractivity contribution in [3.8, 4) is 0 Å². The summed E-state index contributed by atoms with van der Waals surface area (Å²) in [6.45, 7) is 8.30. The van der Waals surface area contributed by atoms with Crippen molar-refractivity contribution in [2.24, 2.45) is 0 Å². The Morgan fingerprint density at radius 3 is 2.38 bits per heavy atom. The van der Waals surface area contributed by atoms with E-state index in [4.69, 9.17) is 0 Å². The maximum absolute atomic E-state index is 13.1. The lowest BCUT2D eigenvalue weighted by atomic mass is 10.1. The molecule has 3 aromatic carbocycles. The number of fused-ring (bicyclic) bond motifs is 1. The first kappa shape index (κ1) is 27.4. The lowest BCUT2D eigenvalue weighted by molar-refractivity contribution is 0.0628. The highest BCUT2D eigenvalue weighted by molar-refractivity contribution is 7.93. The van der Waals surface area contributed by atoms with Crippen molar-refractivity contribution < 1.29 is 13.2 Å². The predicted molar refractivity (Wildman–Crippen MR) is 160 cm³/mol. The van der Waals surface area contributed by atoms with Crippen molar-refractivity contribution in [1.29, 1.82) is 0 Å². The monoisotopic (exact) mass is 555 g/mol. The van der Waals surface area contributed by atoms with Crippen molar-refractivity contribution in [2.75, 3.05) is 49.4 Å². The fourth-order valence-electron chi connectivity index (χ4n) is 4.89. The number of benzene rings is 3. The van der Waals surface area contributed by atoms with E-state index in [0.29, 0.717) is 29.9 Å². The summed E-state index contributed by atoms with van der Waals surface area (Å²) in [5.74, 6) is -0.0538. The largest absolute Gasteiger partial charge is 0.371 e. The van der Waals surface area contributed by atoms with Crippen LogP contribution in [0.1, 0.15) is 15.9 Å². The molecular formula is C31H33N5O3S. The minimum atomic E-state index is -3.85. The van der Waals surface area contributed by atoms with Gasteiger partial charge in [-0.25, -0.2) is 8.42 Å². The Labute approximate surface area is 235 Å². The van der Waals surface area contributed by atoms with Gasteiger partial charge in [0, 0.05) is 74.8 Å². The van der Waals surface area contributed by atoms with E-state index in [9.17, 15) is 13.2 Å². The van der Waals surface area contributed by atoms with Gasteiger partial charge in [0.25, 0.3) is 15.9 Å². The van der Waals surface area contributed by atoms with Crippen LogP contribution < -0.4 is 9.62 Å². The molecule has 2 heterocycles. The molecule has 0 spiro atoms. The van der Waals surface area contributed by atoms with E-state index in [1.54, 1.807) is 42.6 Å². The smallest absolute Gasteiger partial charge is 0.264 e. The third-order valence-corrected chi connectivity index (χ3v) is 8.53. The Morgan fingerprint density at radius 1 is 0.975 bits per heavy atom. The van der Waals surface area contributed by atoms with E-state index in [2.05, 4.69) is 50.4 Å². The number of likely N-dealkylation sites (N-methyl/N-ethyl adjacent to an activating group) is 1. The molecule has 0 unspecified atom stereocenters. The third kappa shape index (κ3) is 6.16. The predicted octanol–water partition coefficient (Wildman–Crippen LogP) is 4.62.